The molecule has 1 aliphatic rings. The van der Waals surface area contributed by atoms with Gasteiger partial charge in [-0.25, -0.2) is 14.8 Å². The maximum absolute atomic E-state index is 13.0. The van der Waals surface area contributed by atoms with Crippen molar-refractivity contribution in [3.8, 4) is 0 Å². The number of anilines is 2. The maximum atomic E-state index is 13.0. The van der Waals surface area contributed by atoms with Crippen LogP contribution in [0, 0.1) is 13.8 Å². The Hall–Kier alpha value is -2.83. The number of hydrogen-bond acceptors (Lipinski definition) is 4. The third kappa shape index (κ3) is 6.24. The SMILES string of the molecule is CCc1nc(C)nc(N2CCCN(C(=O)Nc3ccc(Cl)cc3Cl)CC2)c1Cc1ccc(C)cc1. The molecule has 2 heterocycles. The third-order valence-electron chi connectivity index (χ3n) is 6.27. The highest BCUT2D eigenvalue weighted by Crippen LogP contribution is 2.28. The fourth-order valence-corrected chi connectivity index (χ4v) is 4.86. The predicted octanol–water partition coefficient (Wildman–Crippen LogP) is 6.30. The van der Waals surface area contributed by atoms with Crippen molar-refractivity contribution in [1.29, 1.82) is 0 Å². The lowest BCUT2D eigenvalue weighted by molar-refractivity contribution is 0.215. The lowest BCUT2D eigenvalue weighted by Gasteiger charge is -2.26. The Morgan fingerprint density at radius 3 is 2.49 bits per heavy atom. The molecule has 1 N–H and O–H groups in total. The molecule has 0 aliphatic carbocycles. The van der Waals surface area contributed by atoms with Gasteiger partial charge in [0.1, 0.15) is 11.6 Å². The van der Waals surface area contributed by atoms with Gasteiger partial charge in [-0.05, 0) is 50.5 Å². The van der Waals surface area contributed by atoms with Crippen molar-refractivity contribution in [1.82, 2.24) is 14.9 Å². The Bertz CT molecular complexity index is 1200. The van der Waals surface area contributed by atoms with Gasteiger partial charge in [-0.2, -0.15) is 0 Å². The van der Waals surface area contributed by atoms with Crippen LogP contribution >= 0.6 is 23.2 Å². The molecule has 3 aromatic rings. The number of amides is 2. The number of carbonyl (C=O) groups is 1. The van der Waals surface area contributed by atoms with Crippen LogP contribution in [0.4, 0.5) is 16.3 Å². The summed E-state index contributed by atoms with van der Waals surface area (Å²) in [6.07, 6.45) is 2.48. The topological polar surface area (TPSA) is 61.4 Å². The Labute approximate surface area is 217 Å². The first-order valence-corrected chi connectivity index (χ1v) is 12.8. The fraction of sp³-hybridized carbons (Fsp3) is 0.370. The highest BCUT2D eigenvalue weighted by Gasteiger charge is 2.24. The quantitative estimate of drug-likeness (QED) is 0.436. The number of nitrogens with one attached hydrogen (secondary N) is 1. The first kappa shape index (κ1) is 25.3. The van der Waals surface area contributed by atoms with Crippen LogP contribution in [-0.4, -0.2) is 47.1 Å². The summed E-state index contributed by atoms with van der Waals surface area (Å²) >= 11 is 12.2. The standard InChI is InChI=1S/C27H31Cl2N5O/c1-4-24-22(16-20-8-6-18(2)7-9-20)26(31-19(3)30-24)33-12-5-13-34(15-14-33)27(35)32-25-11-10-21(28)17-23(25)29/h6-11,17H,4-5,12-16H2,1-3H3,(H,32,35). The van der Waals surface area contributed by atoms with Gasteiger partial charge >= 0.3 is 6.03 Å². The van der Waals surface area contributed by atoms with Crippen molar-refractivity contribution >= 4 is 40.7 Å². The number of benzene rings is 2. The van der Waals surface area contributed by atoms with E-state index in [1.54, 1.807) is 18.2 Å². The summed E-state index contributed by atoms with van der Waals surface area (Å²) in [4.78, 5) is 26.7. The van der Waals surface area contributed by atoms with E-state index >= 15 is 0 Å². The molecule has 2 aromatic carbocycles. The molecule has 1 aliphatic heterocycles. The second kappa shape index (κ2) is 11.3. The summed E-state index contributed by atoms with van der Waals surface area (Å²) in [6, 6.07) is 13.5. The van der Waals surface area contributed by atoms with Gasteiger partial charge in [0.05, 0.1) is 10.7 Å². The summed E-state index contributed by atoms with van der Waals surface area (Å²) in [5.74, 6) is 1.76. The van der Waals surface area contributed by atoms with Crippen LogP contribution in [0.1, 0.15) is 41.6 Å². The van der Waals surface area contributed by atoms with E-state index in [0.29, 0.717) is 35.4 Å². The second-order valence-electron chi connectivity index (χ2n) is 8.92. The molecule has 0 saturated carbocycles. The van der Waals surface area contributed by atoms with Gasteiger partial charge in [0.25, 0.3) is 0 Å². The predicted molar refractivity (Wildman–Crippen MR) is 144 cm³/mol. The molecular formula is C27H31Cl2N5O. The van der Waals surface area contributed by atoms with Crippen molar-refractivity contribution in [2.45, 2.75) is 40.0 Å². The molecule has 0 unspecified atom stereocenters. The van der Waals surface area contributed by atoms with Crippen molar-refractivity contribution in [3.63, 3.8) is 0 Å². The van der Waals surface area contributed by atoms with E-state index in [2.05, 4.69) is 48.3 Å². The average molecular weight is 512 g/mol. The van der Waals surface area contributed by atoms with E-state index in [4.69, 9.17) is 33.2 Å². The van der Waals surface area contributed by atoms with Crippen LogP contribution < -0.4 is 10.2 Å². The van der Waals surface area contributed by atoms with E-state index < -0.39 is 0 Å². The van der Waals surface area contributed by atoms with Crippen molar-refractivity contribution < 1.29 is 4.79 Å². The highest BCUT2D eigenvalue weighted by atomic mass is 35.5. The van der Waals surface area contributed by atoms with Crippen LogP contribution in [0.15, 0.2) is 42.5 Å². The van der Waals surface area contributed by atoms with E-state index in [0.717, 1.165) is 43.1 Å². The third-order valence-corrected chi connectivity index (χ3v) is 6.82. The molecule has 0 radical (unpaired) electrons. The smallest absolute Gasteiger partial charge is 0.321 e. The van der Waals surface area contributed by atoms with Crippen molar-refractivity contribution in [2.75, 3.05) is 36.4 Å². The number of halogens is 2. The second-order valence-corrected chi connectivity index (χ2v) is 9.76. The molecular weight excluding hydrogens is 481 g/mol. The van der Waals surface area contributed by atoms with Gasteiger partial charge in [-0.1, -0.05) is 60.0 Å². The van der Waals surface area contributed by atoms with Crippen LogP contribution in [-0.2, 0) is 12.8 Å². The Morgan fingerprint density at radius 2 is 1.77 bits per heavy atom. The van der Waals surface area contributed by atoms with Gasteiger partial charge in [-0.15, -0.1) is 0 Å². The van der Waals surface area contributed by atoms with Crippen LogP contribution in [0.2, 0.25) is 10.0 Å². The fourth-order valence-electron chi connectivity index (χ4n) is 4.40. The minimum Gasteiger partial charge on any atom is -0.354 e. The number of urea groups is 1. The van der Waals surface area contributed by atoms with E-state index in [1.807, 2.05) is 11.8 Å². The van der Waals surface area contributed by atoms with Crippen LogP contribution in [0.25, 0.3) is 0 Å². The number of hydrogen-bond donors (Lipinski definition) is 1. The van der Waals surface area contributed by atoms with Crippen molar-refractivity contribution in [2.24, 2.45) is 0 Å². The first-order chi connectivity index (χ1) is 16.8. The molecule has 8 heteroatoms. The lowest BCUT2D eigenvalue weighted by atomic mass is 10.0. The molecule has 0 atom stereocenters. The number of aromatic nitrogens is 2. The summed E-state index contributed by atoms with van der Waals surface area (Å²) < 4.78 is 0. The van der Waals surface area contributed by atoms with Crippen LogP contribution in [0.5, 0.6) is 0 Å². The zero-order chi connectivity index (χ0) is 24.9. The van der Waals surface area contributed by atoms with E-state index in [1.165, 1.54) is 16.7 Å². The molecule has 0 spiro atoms. The molecule has 1 fully saturated rings. The first-order valence-electron chi connectivity index (χ1n) is 12.0. The van der Waals surface area contributed by atoms with Gasteiger partial charge in [-0.3, -0.25) is 0 Å². The number of aryl methyl sites for hydroxylation is 3. The summed E-state index contributed by atoms with van der Waals surface area (Å²) in [6.45, 7) is 8.96. The Morgan fingerprint density at radius 1 is 1.00 bits per heavy atom. The summed E-state index contributed by atoms with van der Waals surface area (Å²) in [7, 11) is 0. The molecule has 184 valence electrons. The molecule has 1 saturated heterocycles. The maximum Gasteiger partial charge on any atom is 0.321 e. The molecule has 6 nitrogen and oxygen atoms in total. The van der Waals surface area contributed by atoms with Gasteiger partial charge < -0.3 is 15.1 Å². The molecule has 35 heavy (non-hydrogen) atoms. The van der Waals surface area contributed by atoms with E-state index in [-0.39, 0.29) is 6.03 Å². The van der Waals surface area contributed by atoms with E-state index in [9.17, 15) is 4.79 Å². The minimum absolute atomic E-state index is 0.163. The Balaban J connectivity index is 1.53. The monoisotopic (exact) mass is 511 g/mol. The summed E-state index contributed by atoms with van der Waals surface area (Å²) in [5.41, 5.74) is 5.31. The number of nitrogens with zero attached hydrogens (tertiary/aromatic N) is 4. The lowest BCUT2D eigenvalue weighted by Crippen LogP contribution is -2.38. The number of rotatable bonds is 5. The van der Waals surface area contributed by atoms with Crippen molar-refractivity contribution in [3.05, 3.63) is 80.7 Å². The largest absolute Gasteiger partial charge is 0.354 e. The van der Waals surface area contributed by atoms with Crippen LogP contribution in [0.3, 0.4) is 0 Å². The molecule has 0 bridgehead atoms. The average Bonchev–Trinajstić information content (AvgIpc) is 3.09. The molecule has 4 rings (SSSR count). The van der Waals surface area contributed by atoms with Gasteiger partial charge in [0, 0.05) is 48.9 Å². The minimum atomic E-state index is -0.163. The van der Waals surface area contributed by atoms with Gasteiger partial charge in [0.15, 0.2) is 0 Å². The summed E-state index contributed by atoms with van der Waals surface area (Å²) in [5, 5.41) is 3.87. The zero-order valence-electron chi connectivity index (χ0n) is 20.4. The van der Waals surface area contributed by atoms with Gasteiger partial charge in [0.2, 0.25) is 0 Å². The Kier molecular flexibility index (Phi) is 8.14. The molecule has 1 aromatic heterocycles. The molecule has 2 amide bonds. The zero-order valence-corrected chi connectivity index (χ0v) is 22.0. The number of carbonyl (C=O) groups excluding carboxylic acids is 1. The highest BCUT2D eigenvalue weighted by molar-refractivity contribution is 6.36. The normalized spacial score (nSPS) is 14.1.